The monoisotopic (exact) mass is 850 g/mol. The lowest BCUT2D eigenvalue weighted by Crippen LogP contribution is -2.29. The van der Waals surface area contributed by atoms with E-state index >= 15 is 0 Å². The van der Waals surface area contributed by atoms with Crippen LogP contribution in [0.4, 0.5) is 11.4 Å². The van der Waals surface area contributed by atoms with E-state index in [9.17, 15) is 9.59 Å². The number of rotatable bonds is 16. The molecule has 6 aromatic rings. The molecule has 8 rings (SSSR count). The summed E-state index contributed by atoms with van der Waals surface area (Å²) in [6.45, 7) is 14.1. The van der Waals surface area contributed by atoms with Crippen molar-refractivity contribution in [1.29, 1.82) is 0 Å². The molecule has 1 aliphatic carbocycles. The van der Waals surface area contributed by atoms with Crippen LogP contribution in [-0.2, 0) is 25.2 Å². The van der Waals surface area contributed by atoms with E-state index < -0.39 is 5.41 Å². The topological polar surface area (TPSA) is 77.1 Å². The molecular weight excluding hydrogens is 793 g/mol. The molecule has 0 saturated heterocycles. The first kappa shape index (κ1) is 43.8. The second-order valence-electron chi connectivity index (χ2n) is 17.7. The summed E-state index contributed by atoms with van der Waals surface area (Å²) in [6.07, 6.45) is 11.3. The predicted molar refractivity (Wildman–Crippen MR) is 261 cm³/mol. The zero-order chi connectivity index (χ0) is 44.8. The number of hydrogen-bond donors (Lipinski definition) is 1. The van der Waals surface area contributed by atoms with E-state index in [2.05, 4.69) is 97.7 Å². The Hall–Kier alpha value is -6.86. The van der Waals surface area contributed by atoms with Gasteiger partial charge < -0.3 is 24.4 Å². The van der Waals surface area contributed by atoms with E-state index in [1.165, 1.54) is 34.6 Å². The van der Waals surface area contributed by atoms with Gasteiger partial charge in [-0.25, -0.2) is 0 Å². The van der Waals surface area contributed by atoms with Crippen molar-refractivity contribution < 1.29 is 23.8 Å². The lowest BCUT2D eigenvalue weighted by molar-refractivity contribution is -0.141. The summed E-state index contributed by atoms with van der Waals surface area (Å²) in [5, 5.41) is 8.15. The van der Waals surface area contributed by atoms with Crippen molar-refractivity contribution in [2.45, 2.75) is 78.1 Å². The largest absolute Gasteiger partial charge is 0.466 e. The molecule has 0 spiro atoms. The van der Waals surface area contributed by atoms with Crippen LogP contribution in [0.5, 0.6) is 17.2 Å². The highest BCUT2D eigenvalue weighted by Gasteiger charge is 2.41. The molecule has 326 valence electrons. The Kier molecular flexibility index (Phi) is 12.9. The third-order valence-electron chi connectivity index (χ3n) is 12.4. The van der Waals surface area contributed by atoms with E-state index in [-0.39, 0.29) is 17.2 Å². The van der Waals surface area contributed by atoms with Crippen LogP contribution < -0.4 is 19.7 Å². The first-order chi connectivity index (χ1) is 30.9. The smallest absolute Gasteiger partial charge is 0.302 e. The minimum absolute atomic E-state index is 0.0237. The number of anilines is 2. The van der Waals surface area contributed by atoms with Crippen LogP contribution in [0.2, 0.25) is 0 Å². The summed E-state index contributed by atoms with van der Waals surface area (Å²) in [5.41, 5.74) is 6.56. The van der Waals surface area contributed by atoms with E-state index in [0.29, 0.717) is 37.5 Å². The fourth-order valence-electron chi connectivity index (χ4n) is 9.29. The van der Waals surface area contributed by atoms with Crippen molar-refractivity contribution in [3.8, 4) is 17.2 Å². The maximum Gasteiger partial charge on any atom is 0.302 e. The normalized spacial score (nSPS) is 16.0. The molecule has 0 saturated carbocycles. The number of hydrogen-bond acceptors (Lipinski definition) is 7. The fraction of sp³-hybridized carbons (Fsp3) is 0.263. The summed E-state index contributed by atoms with van der Waals surface area (Å²) in [4.78, 5) is 28.5. The quantitative estimate of drug-likeness (QED) is 0.0590. The molecular formula is C57H58N2O5. The highest BCUT2D eigenvalue weighted by atomic mass is 16.5. The number of ketones is 1. The standard InChI is InChI=1S/C57H58N2O5/c1-7-36-59-50-32-28-41-18-12-14-24-48(41)54(50)56(3,4)51(59)33-29-42-25-26-43(55(42)64-46-22-15-21-45(38-46)63-44-19-9-8-10-20-44)30-34-52(61)57(5,6)53-47-23-13-11-17-40(47)27-31-49(53)58-35-16-37-62-39(2)60/h8-15,17-24,27-34,38,58H,7,16,25-26,35-37H2,1-6H3/b34-30+,42-29+,51-33+. The number of esters is 1. The SMILES string of the molecule is CCCN1/C(=C/C=C2\CCC(/C=C/C(=O)C(C)(C)c3c(NCCCOC(C)=O)ccc4ccccc34)=C2Oc2cccc(Oc3ccccc3)c2)C(C)(C)c2c1ccc1ccccc21. The molecule has 6 aromatic carbocycles. The molecule has 7 nitrogen and oxygen atoms in total. The predicted octanol–water partition coefficient (Wildman–Crippen LogP) is 13.7. The van der Waals surface area contributed by atoms with Crippen molar-refractivity contribution in [2.75, 3.05) is 29.9 Å². The molecule has 1 N–H and O–H groups in total. The molecule has 0 amide bonds. The van der Waals surface area contributed by atoms with Crippen LogP contribution in [-0.4, -0.2) is 31.4 Å². The number of fused-ring (bicyclic) bond motifs is 4. The Balaban J connectivity index is 1.16. The number of nitrogens with one attached hydrogen (secondary N) is 1. The van der Waals surface area contributed by atoms with Gasteiger partial charge in [0.1, 0.15) is 23.0 Å². The van der Waals surface area contributed by atoms with Gasteiger partial charge in [0, 0.05) is 48.6 Å². The molecule has 0 unspecified atom stereocenters. The Morgan fingerprint density at radius 2 is 1.44 bits per heavy atom. The molecule has 0 atom stereocenters. The minimum atomic E-state index is -0.891. The van der Waals surface area contributed by atoms with E-state index in [1.54, 1.807) is 6.08 Å². The van der Waals surface area contributed by atoms with Crippen molar-refractivity contribution in [3.63, 3.8) is 0 Å². The molecule has 1 heterocycles. The van der Waals surface area contributed by atoms with Gasteiger partial charge in [-0.1, -0.05) is 118 Å². The summed E-state index contributed by atoms with van der Waals surface area (Å²) in [5.74, 6) is 2.49. The zero-order valence-corrected chi connectivity index (χ0v) is 37.9. The number of benzene rings is 6. The third kappa shape index (κ3) is 9.12. The average Bonchev–Trinajstić information content (AvgIpc) is 3.77. The van der Waals surface area contributed by atoms with Crippen LogP contribution in [0.1, 0.15) is 78.4 Å². The fourth-order valence-corrected chi connectivity index (χ4v) is 9.29. The first-order valence-corrected chi connectivity index (χ1v) is 22.5. The van der Waals surface area contributed by atoms with Gasteiger partial charge in [-0.05, 0) is 132 Å². The molecule has 0 bridgehead atoms. The molecule has 64 heavy (non-hydrogen) atoms. The van der Waals surface area contributed by atoms with Gasteiger partial charge in [0.25, 0.3) is 0 Å². The highest BCUT2D eigenvalue weighted by Crippen LogP contribution is 2.51. The molecule has 0 aromatic heterocycles. The van der Waals surface area contributed by atoms with Crippen molar-refractivity contribution in [3.05, 3.63) is 185 Å². The minimum Gasteiger partial charge on any atom is -0.466 e. The van der Waals surface area contributed by atoms with Crippen LogP contribution in [0.3, 0.4) is 0 Å². The second kappa shape index (κ2) is 18.9. The van der Waals surface area contributed by atoms with Crippen LogP contribution in [0, 0.1) is 0 Å². The van der Waals surface area contributed by atoms with Gasteiger partial charge in [0.2, 0.25) is 0 Å². The van der Waals surface area contributed by atoms with E-state index in [4.69, 9.17) is 14.2 Å². The van der Waals surface area contributed by atoms with Crippen LogP contribution >= 0.6 is 0 Å². The van der Waals surface area contributed by atoms with Crippen LogP contribution in [0.15, 0.2) is 174 Å². The maximum absolute atomic E-state index is 14.6. The Morgan fingerprint density at radius 3 is 2.19 bits per heavy atom. The Morgan fingerprint density at radius 1 is 0.766 bits per heavy atom. The van der Waals surface area contributed by atoms with Gasteiger partial charge in [-0.15, -0.1) is 0 Å². The number of carbonyl (C=O) groups excluding carboxylic acids is 2. The lowest BCUT2D eigenvalue weighted by atomic mass is 9.77. The van der Waals surface area contributed by atoms with Gasteiger partial charge in [0.05, 0.1) is 12.0 Å². The Labute approximate surface area is 377 Å². The summed E-state index contributed by atoms with van der Waals surface area (Å²) in [6, 6.07) is 42.9. The molecule has 0 fully saturated rings. The van der Waals surface area contributed by atoms with Crippen LogP contribution in [0.25, 0.3) is 21.5 Å². The number of carbonyl (C=O) groups is 2. The van der Waals surface area contributed by atoms with Crippen molar-refractivity contribution in [1.82, 2.24) is 0 Å². The average molecular weight is 851 g/mol. The number of nitrogens with zero attached hydrogens (tertiary/aromatic N) is 1. The van der Waals surface area contributed by atoms with Crippen molar-refractivity contribution >= 4 is 44.7 Å². The molecule has 7 heteroatoms. The number of ether oxygens (including phenoxy) is 3. The molecule has 2 aliphatic rings. The molecule has 0 radical (unpaired) electrons. The summed E-state index contributed by atoms with van der Waals surface area (Å²) >= 11 is 0. The van der Waals surface area contributed by atoms with E-state index in [0.717, 1.165) is 64.1 Å². The highest BCUT2D eigenvalue weighted by molar-refractivity contribution is 6.04. The van der Waals surface area contributed by atoms with E-state index in [1.807, 2.05) is 92.7 Å². The summed E-state index contributed by atoms with van der Waals surface area (Å²) < 4.78 is 18.3. The van der Waals surface area contributed by atoms with Gasteiger partial charge in [-0.2, -0.15) is 0 Å². The van der Waals surface area contributed by atoms with Gasteiger partial charge >= 0.3 is 5.97 Å². The number of allylic oxidation sites excluding steroid dienone is 7. The zero-order valence-electron chi connectivity index (χ0n) is 37.9. The lowest BCUT2D eigenvalue weighted by Gasteiger charge is -2.27. The maximum atomic E-state index is 14.6. The Bertz CT molecular complexity index is 2830. The van der Waals surface area contributed by atoms with Gasteiger partial charge in [0.15, 0.2) is 5.78 Å². The summed E-state index contributed by atoms with van der Waals surface area (Å²) in [7, 11) is 0. The molecule has 1 aliphatic heterocycles. The third-order valence-corrected chi connectivity index (χ3v) is 12.4. The van der Waals surface area contributed by atoms with Gasteiger partial charge in [-0.3, -0.25) is 9.59 Å². The number of para-hydroxylation sites is 1. The van der Waals surface area contributed by atoms with Crippen molar-refractivity contribution in [2.24, 2.45) is 0 Å². The second-order valence-corrected chi connectivity index (χ2v) is 17.7. The first-order valence-electron chi connectivity index (χ1n) is 22.5.